The zero-order valence-corrected chi connectivity index (χ0v) is 15.3. The van der Waals surface area contributed by atoms with Crippen molar-refractivity contribution in [3.05, 3.63) is 71.0 Å². The lowest BCUT2D eigenvalue weighted by Crippen LogP contribution is -2.37. The Morgan fingerprint density at radius 1 is 1.00 bits per heavy atom. The molecule has 4 nitrogen and oxygen atoms in total. The molecule has 1 amide bonds. The van der Waals surface area contributed by atoms with Crippen LogP contribution in [0.1, 0.15) is 22.7 Å². The van der Waals surface area contributed by atoms with Gasteiger partial charge in [0.2, 0.25) is 5.91 Å². The van der Waals surface area contributed by atoms with E-state index >= 15 is 0 Å². The fraction of sp³-hybridized carbons (Fsp3) is 0.350. The van der Waals surface area contributed by atoms with Crippen molar-refractivity contribution in [2.24, 2.45) is 0 Å². The van der Waals surface area contributed by atoms with Crippen LogP contribution in [0.5, 0.6) is 0 Å². The van der Waals surface area contributed by atoms with Gasteiger partial charge in [-0.05, 0) is 45.4 Å². The lowest BCUT2D eigenvalue weighted by molar-refractivity contribution is -0.126. The highest BCUT2D eigenvalue weighted by atomic mass is 19.1. The number of carbonyl (C=O) groups excluding carboxylic acids is 1. The minimum Gasteiger partial charge on any atom is -0.350 e. The van der Waals surface area contributed by atoms with Crippen LogP contribution in [-0.2, 0) is 17.9 Å². The lowest BCUT2D eigenvalue weighted by Gasteiger charge is -2.24. The number of nitrogens with zero attached hydrogens (tertiary/aromatic N) is 2. The first kappa shape index (κ1) is 19.1. The van der Waals surface area contributed by atoms with Gasteiger partial charge in [-0.15, -0.1) is 0 Å². The van der Waals surface area contributed by atoms with Gasteiger partial charge < -0.3 is 10.2 Å². The molecule has 0 aliphatic heterocycles. The highest BCUT2D eigenvalue weighted by Gasteiger charge is 2.25. The number of halogens is 1. The molecule has 1 atom stereocenters. The highest BCUT2D eigenvalue weighted by Crippen LogP contribution is 2.21. The van der Waals surface area contributed by atoms with Crippen LogP contribution in [0.3, 0.4) is 0 Å². The number of hydrogen-bond acceptors (Lipinski definition) is 3. The average molecular weight is 343 g/mol. The van der Waals surface area contributed by atoms with Crippen molar-refractivity contribution in [3.63, 3.8) is 0 Å². The standard InChI is InChI=1S/C20H26FN3O/c1-23(2)14-16-10-6-5-9-15(16)13-22-20(25)19(24(3)4)17-11-7-8-12-18(17)21/h5-12,19H,13-14H2,1-4H3,(H,22,25)/t19-/m0/s1. The topological polar surface area (TPSA) is 35.6 Å². The Morgan fingerprint density at radius 3 is 2.20 bits per heavy atom. The molecule has 0 saturated heterocycles. The fourth-order valence-corrected chi connectivity index (χ4v) is 2.85. The molecular weight excluding hydrogens is 317 g/mol. The van der Waals surface area contributed by atoms with Crippen molar-refractivity contribution in [2.45, 2.75) is 19.1 Å². The molecule has 0 unspecified atom stereocenters. The van der Waals surface area contributed by atoms with Crippen molar-refractivity contribution in [3.8, 4) is 0 Å². The van der Waals surface area contributed by atoms with Crippen molar-refractivity contribution in [1.29, 1.82) is 0 Å². The number of benzene rings is 2. The summed E-state index contributed by atoms with van der Waals surface area (Å²) >= 11 is 0. The van der Waals surface area contributed by atoms with E-state index in [9.17, 15) is 9.18 Å². The average Bonchev–Trinajstić information content (AvgIpc) is 2.55. The number of hydrogen-bond donors (Lipinski definition) is 1. The third kappa shape index (κ3) is 5.11. The summed E-state index contributed by atoms with van der Waals surface area (Å²) in [6.07, 6.45) is 0. The molecule has 0 radical (unpaired) electrons. The van der Waals surface area contributed by atoms with E-state index in [-0.39, 0.29) is 11.7 Å². The molecule has 2 rings (SSSR count). The van der Waals surface area contributed by atoms with Gasteiger partial charge >= 0.3 is 0 Å². The Labute approximate surface area is 149 Å². The lowest BCUT2D eigenvalue weighted by atomic mass is 10.0. The van der Waals surface area contributed by atoms with Crippen LogP contribution in [0, 0.1) is 5.82 Å². The first-order chi connectivity index (χ1) is 11.9. The molecule has 2 aromatic carbocycles. The summed E-state index contributed by atoms with van der Waals surface area (Å²) in [7, 11) is 7.57. The Morgan fingerprint density at radius 2 is 1.60 bits per heavy atom. The quantitative estimate of drug-likeness (QED) is 0.840. The highest BCUT2D eigenvalue weighted by molar-refractivity contribution is 5.83. The van der Waals surface area contributed by atoms with Gasteiger partial charge in [-0.25, -0.2) is 4.39 Å². The van der Waals surface area contributed by atoms with E-state index in [1.807, 2.05) is 32.3 Å². The van der Waals surface area contributed by atoms with Crippen molar-refractivity contribution in [2.75, 3.05) is 28.2 Å². The second kappa shape index (κ2) is 8.74. The van der Waals surface area contributed by atoms with Crippen LogP contribution in [0.15, 0.2) is 48.5 Å². The van der Waals surface area contributed by atoms with Crippen LogP contribution >= 0.6 is 0 Å². The molecule has 134 valence electrons. The van der Waals surface area contributed by atoms with Gasteiger partial charge in [0.15, 0.2) is 0 Å². The fourth-order valence-electron chi connectivity index (χ4n) is 2.85. The van der Waals surface area contributed by atoms with E-state index in [1.165, 1.54) is 11.6 Å². The van der Waals surface area contributed by atoms with Crippen LogP contribution in [0.2, 0.25) is 0 Å². The number of rotatable bonds is 7. The molecule has 25 heavy (non-hydrogen) atoms. The Bertz CT molecular complexity index is 716. The minimum absolute atomic E-state index is 0.213. The second-order valence-electron chi connectivity index (χ2n) is 6.61. The van der Waals surface area contributed by atoms with Gasteiger partial charge in [-0.3, -0.25) is 9.69 Å². The molecule has 0 saturated carbocycles. The minimum atomic E-state index is -0.665. The monoisotopic (exact) mass is 343 g/mol. The smallest absolute Gasteiger partial charge is 0.242 e. The van der Waals surface area contributed by atoms with E-state index in [2.05, 4.69) is 16.3 Å². The molecule has 1 N–H and O–H groups in total. The molecule has 0 aromatic heterocycles. The van der Waals surface area contributed by atoms with Crippen LogP contribution in [0.4, 0.5) is 4.39 Å². The van der Waals surface area contributed by atoms with Gasteiger partial charge in [-0.1, -0.05) is 42.5 Å². The van der Waals surface area contributed by atoms with E-state index in [4.69, 9.17) is 0 Å². The van der Waals surface area contributed by atoms with E-state index in [1.54, 1.807) is 37.2 Å². The van der Waals surface area contributed by atoms with Crippen LogP contribution < -0.4 is 5.32 Å². The molecule has 0 fully saturated rings. The summed E-state index contributed by atoms with van der Waals surface area (Å²) in [4.78, 5) is 16.5. The summed E-state index contributed by atoms with van der Waals surface area (Å²) in [5.74, 6) is -0.584. The molecular formula is C20H26FN3O. The van der Waals surface area contributed by atoms with E-state index in [0.717, 1.165) is 12.1 Å². The van der Waals surface area contributed by atoms with Gasteiger partial charge in [-0.2, -0.15) is 0 Å². The third-order valence-electron chi connectivity index (χ3n) is 4.02. The molecule has 5 heteroatoms. The summed E-state index contributed by atoms with van der Waals surface area (Å²) < 4.78 is 14.1. The summed E-state index contributed by atoms with van der Waals surface area (Å²) in [6.45, 7) is 1.22. The van der Waals surface area contributed by atoms with Gasteiger partial charge in [0.05, 0.1) is 0 Å². The normalized spacial score (nSPS) is 12.4. The van der Waals surface area contributed by atoms with Gasteiger partial charge in [0, 0.05) is 18.7 Å². The maximum atomic E-state index is 14.1. The number of nitrogens with one attached hydrogen (secondary N) is 1. The summed E-state index contributed by atoms with van der Waals surface area (Å²) in [6, 6.07) is 13.8. The SMILES string of the molecule is CN(C)Cc1ccccc1CNC(=O)[C@H](c1ccccc1F)N(C)C. The Balaban J connectivity index is 2.14. The number of amides is 1. The Kier molecular flexibility index (Phi) is 6.67. The third-order valence-corrected chi connectivity index (χ3v) is 4.02. The molecule has 0 bridgehead atoms. The molecule has 0 heterocycles. The number of likely N-dealkylation sites (N-methyl/N-ethyl adjacent to an activating group) is 1. The molecule has 0 aliphatic carbocycles. The van der Waals surface area contributed by atoms with E-state index in [0.29, 0.717) is 12.1 Å². The summed E-state index contributed by atoms with van der Waals surface area (Å²) in [5.41, 5.74) is 2.61. The zero-order chi connectivity index (χ0) is 18.4. The first-order valence-electron chi connectivity index (χ1n) is 8.30. The first-order valence-corrected chi connectivity index (χ1v) is 8.30. The van der Waals surface area contributed by atoms with E-state index < -0.39 is 6.04 Å². The van der Waals surface area contributed by atoms with Crippen molar-refractivity contribution >= 4 is 5.91 Å². The second-order valence-corrected chi connectivity index (χ2v) is 6.61. The molecule has 0 spiro atoms. The predicted molar refractivity (Wildman–Crippen MR) is 98.5 cm³/mol. The maximum Gasteiger partial charge on any atom is 0.242 e. The van der Waals surface area contributed by atoms with Crippen molar-refractivity contribution in [1.82, 2.24) is 15.1 Å². The maximum absolute atomic E-state index is 14.1. The zero-order valence-electron chi connectivity index (χ0n) is 15.3. The predicted octanol–water partition coefficient (Wildman–Crippen LogP) is 2.81. The molecule has 0 aliphatic rings. The largest absolute Gasteiger partial charge is 0.350 e. The van der Waals surface area contributed by atoms with Gasteiger partial charge in [0.25, 0.3) is 0 Å². The summed E-state index contributed by atoms with van der Waals surface area (Å²) in [5, 5.41) is 2.95. The van der Waals surface area contributed by atoms with Gasteiger partial charge in [0.1, 0.15) is 11.9 Å². The van der Waals surface area contributed by atoms with Crippen molar-refractivity contribution < 1.29 is 9.18 Å². The Hall–Kier alpha value is -2.24. The number of carbonyl (C=O) groups is 1. The van der Waals surface area contributed by atoms with Crippen LogP contribution in [-0.4, -0.2) is 43.9 Å². The van der Waals surface area contributed by atoms with Crippen LogP contribution in [0.25, 0.3) is 0 Å². The molecule has 2 aromatic rings.